The Morgan fingerprint density at radius 2 is 1.88 bits per heavy atom. The lowest BCUT2D eigenvalue weighted by Gasteiger charge is -2.06. The number of nitrogens with zero attached hydrogens (tertiary/aromatic N) is 2. The fourth-order valence-corrected chi connectivity index (χ4v) is 1.68. The van der Waals surface area contributed by atoms with Crippen molar-refractivity contribution in [3.05, 3.63) is 35.9 Å². The van der Waals surface area contributed by atoms with Gasteiger partial charge < -0.3 is 5.11 Å². The van der Waals surface area contributed by atoms with Gasteiger partial charge in [-0.2, -0.15) is 0 Å². The van der Waals surface area contributed by atoms with Crippen molar-refractivity contribution in [2.24, 2.45) is 10.2 Å². The van der Waals surface area contributed by atoms with Gasteiger partial charge in [0.25, 0.3) is 5.91 Å². The van der Waals surface area contributed by atoms with E-state index in [1.807, 2.05) is 24.3 Å². The minimum atomic E-state index is -0.347. The van der Waals surface area contributed by atoms with Crippen LogP contribution >= 0.6 is 0 Å². The molecule has 0 saturated heterocycles. The lowest BCUT2D eigenvalue weighted by atomic mass is 10.0. The molecule has 0 aromatic heterocycles. The Kier molecular flexibility index (Phi) is 2.87. The molecule has 4 nitrogen and oxygen atoms in total. The second kappa shape index (κ2) is 4.33. The number of phenols is 1. The molecule has 0 aliphatic carbocycles. The zero-order valence-electron chi connectivity index (χ0n) is 9.64. The van der Waals surface area contributed by atoms with Gasteiger partial charge in [-0.3, -0.25) is 4.79 Å². The Morgan fingerprint density at radius 1 is 1.24 bits per heavy atom. The number of rotatable bonds is 1. The number of aryl methyl sites for hydroxylation is 1. The lowest BCUT2D eigenvalue weighted by Crippen LogP contribution is -1.82. The Morgan fingerprint density at radius 3 is 2.53 bits per heavy atom. The van der Waals surface area contributed by atoms with Crippen LogP contribution in [0.25, 0.3) is 10.8 Å². The van der Waals surface area contributed by atoms with Crippen molar-refractivity contribution in [3.8, 4) is 5.75 Å². The van der Waals surface area contributed by atoms with Crippen molar-refractivity contribution >= 4 is 22.4 Å². The van der Waals surface area contributed by atoms with E-state index in [9.17, 15) is 9.90 Å². The smallest absolute Gasteiger partial charge is 0.261 e. The summed E-state index contributed by atoms with van der Waals surface area (Å²) in [6.45, 7) is 3.13. The Hall–Kier alpha value is -2.23. The first-order valence-corrected chi connectivity index (χ1v) is 5.23. The van der Waals surface area contributed by atoms with Crippen LogP contribution in [0.5, 0.6) is 5.75 Å². The van der Waals surface area contributed by atoms with Crippen LogP contribution in [0.3, 0.4) is 0 Å². The number of hydrogen-bond donors (Lipinski definition) is 1. The Bertz CT molecular complexity index is 618. The summed E-state index contributed by atoms with van der Waals surface area (Å²) >= 11 is 0. The van der Waals surface area contributed by atoms with Crippen LogP contribution in [0.15, 0.2) is 40.6 Å². The molecule has 0 radical (unpaired) electrons. The largest absolute Gasteiger partial charge is 0.507 e. The van der Waals surface area contributed by atoms with Gasteiger partial charge in [-0.05, 0) is 18.6 Å². The van der Waals surface area contributed by atoms with Gasteiger partial charge in [0.05, 0.1) is 5.69 Å². The first-order chi connectivity index (χ1) is 8.09. The monoisotopic (exact) mass is 228 g/mol. The quantitative estimate of drug-likeness (QED) is 0.759. The summed E-state index contributed by atoms with van der Waals surface area (Å²) < 4.78 is 0. The minimum Gasteiger partial charge on any atom is -0.507 e. The van der Waals surface area contributed by atoms with Crippen LogP contribution in [-0.4, -0.2) is 11.0 Å². The van der Waals surface area contributed by atoms with Crippen molar-refractivity contribution in [2.75, 3.05) is 0 Å². The summed E-state index contributed by atoms with van der Waals surface area (Å²) in [6.07, 6.45) is 0. The van der Waals surface area contributed by atoms with E-state index in [0.29, 0.717) is 16.6 Å². The van der Waals surface area contributed by atoms with Crippen LogP contribution in [0, 0.1) is 6.92 Å². The number of carbonyl (C=O) groups excluding carboxylic acids is 1. The zero-order chi connectivity index (χ0) is 12.4. The minimum absolute atomic E-state index is 0.238. The maximum atomic E-state index is 10.8. The predicted octanol–water partition coefficient (Wildman–Crippen LogP) is 3.48. The molecular weight excluding hydrogens is 216 g/mol. The average Bonchev–Trinajstić information content (AvgIpc) is 2.32. The Labute approximate surface area is 98.6 Å². The standard InChI is InChI=1S/C13H12N2O2/c1-8-7-12(15-14-9(2)16)10-5-3-4-6-11(10)13(8)17/h3-7,17H,1-2H3. The molecule has 4 heteroatoms. The van der Waals surface area contributed by atoms with Crippen LogP contribution in [-0.2, 0) is 4.79 Å². The molecule has 2 aromatic rings. The second-order valence-corrected chi connectivity index (χ2v) is 3.83. The molecule has 0 atom stereocenters. The summed E-state index contributed by atoms with van der Waals surface area (Å²) in [4.78, 5) is 10.8. The van der Waals surface area contributed by atoms with E-state index in [4.69, 9.17) is 0 Å². The van der Waals surface area contributed by atoms with Gasteiger partial charge in [0.1, 0.15) is 5.75 Å². The van der Waals surface area contributed by atoms with Crippen molar-refractivity contribution in [1.82, 2.24) is 0 Å². The molecule has 1 amide bonds. The topological polar surface area (TPSA) is 62.0 Å². The molecule has 0 spiro atoms. The van der Waals surface area contributed by atoms with Crippen LogP contribution < -0.4 is 0 Å². The Balaban J connectivity index is 2.71. The van der Waals surface area contributed by atoms with E-state index in [-0.39, 0.29) is 11.7 Å². The van der Waals surface area contributed by atoms with Gasteiger partial charge in [-0.1, -0.05) is 24.3 Å². The molecule has 2 rings (SSSR count). The van der Waals surface area contributed by atoms with E-state index < -0.39 is 0 Å². The van der Waals surface area contributed by atoms with Crippen LogP contribution in [0.2, 0.25) is 0 Å². The van der Waals surface area contributed by atoms with E-state index in [2.05, 4.69) is 10.2 Å². The van der Waals surface area contributed by atoms with E-state index in [0.717, 1.165) is 5.39 Å². The number of carbonyl (C=O) groups is 1. The predicted molar refractivity (Wildman–Crippen MR) is 65.5 cm³/mol. The van der Waals surface area contributed by atoms with Gasteiger partial charge in [-0.15, -0.1) is 10.2 Å². The first kappa shape index (κ1) is 11.3. The maximum absolute atomic E-state index is 10.8. The summed E-state index contributed by atoms with van der Waals surface area (Å²) in [7, 11) is 0. The molecule has 86 valence electrons. The van der Waals surface area contributed by atoms with E-state index in [1.54, 1.807) is 13.0 Å². The third-order valence-electron chi connectivity index (χ3n) is 2.48. The molecule has 2 aromatic carbocycles. The number of azo groups is 1. The van der Waals surface area contributed by atoms with Gasteiger partial charge in [0.15, 0.2) is 0 Å². The third kappa shape index (κ3) is 2.15. The first-order valence-electron chi connectivity index (χ1n) is 5.23. The number of fused-ring (bicyclic) bond motifs is 1. The molecule has 0 saturated carbocycles. The number of aromatic hydroxyl groups is 1. The molecule has 0 fully saturated rings. The molecule has 1 N–H and O–H groups in total. The fourth-order valence-electron chi connectivity index (χ4n) is 1.68. The molecule has 0 unspecified atom stereocenters. The lowest BCUT2D eigenvalue weighted by molar-refractivity contribution is -0.116. The van der Waals surface area contributed by atoms with Crippen molar-refractivity contribution < 1.29 is 9.90 Å². The fraction of sp³-hybridized carbons (Fsp3) is 0.154. The number of benzene rings is 2. The zero-order valence-corrected chi connectivity index (χ0v) is 9.64. The van der Waals surface area contributed by atoms with Crippen LogP contribution in [0.4, 0.5) is 5.69 Å². The highest BCUT2D eigenvalue weighted by Gasteiger charge is 2.07. The molecule has 0 bridgehead atoms. The highest BCUT2D eigenvalue weighted by atomic mass is 16.3. The molecule has 17 heavy (non-hydrogen) atoms. The number of amides is 1. The summed E-state index contributed by atoms with van der Waals surface area (Å²) in [5.74, 6) is -0.109. The summed E-state index contributed by atoms with van der Waals surface area (Å²) in [5, 5.41) is 18.8. The highest BCUT2D eigenvalue weighted by molar-refractivity contribution is 5.97. The molecule has 0 aliphatic heterocycles. The summed E-state index contributed by atoms with van der Waals surface area (Å²) in [5.41, 5.74) is 1.30. The van der Waals surface area contributed by atoms with Gasteiger partial charge in [0.2, 0.25) is 0 Å². The van der Waals surface area contributed by atoms with Gasteiger partial charge in [-0.25, -0.2) is 0 Å². The second-order valence-electron chi connectivity index (χ2n) is 3.83. The van der Waals surface area contributed by atoms with Crippen molar-refractivity contribution in [1.29, 1.82) is 0 Å². The maximum Gasteiger partial charge on any atom is 0.261 e. The van der Waals surface area contributed by atoms with Gasteiger partial charge >= 0.3 is 0 Å². The van der Waals surface area contributed by atoms with Crippen molar-refractivity contribution in [2.45, 2.75) is 13.8 Å². The van der Waals surface area contributed by atoms with Crippen molar-refractivity contribution in [3.63, 3.8) is 0 Å². The third-order valence-corrected chi connectivity index (χ3v) is 2.48. The van der Waals surface area contributed by atoms with Gasteiger partial charge in [0, 0.05) is 17.7 Å². The normalized spacial score (nSPS) is 11.2. The van der Waals surface area contributed by atoms with Crippen LogP contribution in [0.1, 0.15) is 12.5 Å². The number of hydrogen-bond acceptors (Lipinski definition) is 3. The highest BCUT2D eigenvalue weighted by Crippen LogP contribution is 2.35. The number of phenolic OH excluding ortho intramolecular Hbond substituents is 1. The summed E-state index contributed by atoms with van der Waals surface area (Å²) in [6, 6.07) is 9.05. The molecule has 0 aliphatic rings. The van der Waals surface area contributed by atoms with E-state index in [1.165, 1.54) is 6.92 Å². The molecular formula is C13H12N2O2. The molecule has 0 heterocycles. The SMILES string of the molecule is CC(=O)N=Nc1cc(C)c(O)c2ccccc12. The average molecular weight is 228 g/mol. The van der Waals surface area contributed by atoms with E-state index >= 15 is 0 Å².